The number of hydrogen-bond acceptors (Lipinski definition) is 6. The number of aromatic nitrogens is 3. The van der Waals surface area contributed by atoms with Crippen LogP contribution < -0.4 is 4.90 Å². The van der Waals surface area contributed by atoms with Crippen LogP contribution in [0.5, 0.6) is 0 Å². The molecule has 2 aromatic heterocycles. The number of anilines is 2. The molecule has 0 bridgehead atoms. The minimum atomic E-state index is -0.0517. The van der Waals surface area contributed by atoms with Crippen LogP contribution >= 0.6 is 23.1 Å². The second-order valence-electron chi connectivity index (χ2n) is 7.31. The standard InChI is InChI=1S/C24H26N4O2S2/c1-4-18-9-11-20(12-10-18)28(17(2)29)24-25-19(16-32-24)15-31-23-26-21-7-5-6-8-22(21)27(23)13-14-30-3/h5-12,16H,4,13-15H2,1-3H3. The number of imidazole rings is 1. The number of thiazole rings is 1. The molecule has 32 heavy (non-hydrogen) atoms. The normalized spacial score (nSPS) is 11.2. The first-order valence-electron chi connectivity index (χ1n) is 10.5. The lowest BCUT2D eigenvalue weighted by molar-refractivity contribution is -0.115. The fourth-order valence-electron chi connectivity index (χ4n) is 3.47. The molecule has 0 unspecified atom stereocenters. The van der Waals surface area contributed by atoms with Gasteiger partial charge < -0.3 is 9.30 Å². The number of aryl methyl sites for hydroxylation is 1. The van der Waals surface area contributed by atoms with Gasteiger partial charge in [-0.2, -0.15) is 0 Å². The van der Waals surface area contributed by atoms with E-state index in [1.165, 1.54) is 16.9 Å². The molecule has 0 N–H and O–H groups in total. The first-order chi connectivity index (χ1) is 15.6. The van der Waals surface area contributed by atoms with Crippen molar-refractivity contribution in [3.05, 3.63) is 65.2 Å². The van der Waals surface area contributed by atoms with Crippen molar-refractivity contribution in [2.75, 3.05) is 18.6 Å². The third-order valence-electron chi connectivity index (χ3n) is 5.14. The number of hydrogen-bond donors (Lipinski definition) is 0. The number of amides is 1. The first-order valence-corrected chi connectivity index (χ1v) is 12.4. The van der Waals surface area contributed by atoms with Gasteiger partial charge in [-0.25, -0.2) is 9.97 Å². The summed E-state index contributed by atoms with van der Waals surface area (Å²) in [5, 5.41) is 3.64. The number of nitrogens with zero attached hydrogens (tertiary/aromatic N) is 4. The molecule has 0 saturated carbocycles. The summed E-state index contributed by atoms with van der Waals surface area (Å²) >= 11 is 3.13. The molecule has 0 saturated heterocycles. The molecule has 2 heterocycles. The van der Waals surface area contributed by atoms with Gasteiger partial charge in [-0.1, -0.05) is 43.0 Å². The van der Waals surface area contributed by atoms with Crippen LogP contribution in [-0.4, -0.2) is 34.2 Å². The van der Waals surface area contributed by atoms with E-state index in [0.717, 1.165) is 40.5 Å². The number of rotatable bonds is 9. The lowest BCUT2D eigenvalue weighted by atomic mass is 10.1. The third kappa shape index (κ3) is 4.87. The Morgan fingerprint density at radius 2 is 1.94 bits per heavy atom. The fraction of sp³-hybridized carbons (Fsp3) is 0.292. The molecule has 6 nitrogen and oxygen atoms in total. The van der Waals surface area contributed by atoms with Gasteiger partial charge in [0, 0.05) is 31.7 Å². The lowest BCUT2D eigenvalue weighted by Gasteiger charge is -2.18. The van der Waals surface area contributed by atoms with E-state index < -0.39 is 0 Å². The van der Waals surface area contributed by atoms with E-state index in [-0.39, 0.29) is 5.91 Å². The van der Waals surface area contributed by atoms with E-state index in [0.29, 0.717) is 17.5 Å². The van der Waals surface area contributed by atoms with Crippen LogP contribution in [0.1, 0.15) is 25.1 Å². The molecule has 0 radical (unpaired) electrons. The van der Waals surface area contributed by atoms with Crippen LogP contribution in [0.2, 0.25) is 0 Å². The summed E-state index contributed by atoms with van der Waals surface area (Å²) in [5.41, 5.74) is 5.08. The number of thioether (sulfide) groups is 1. The smallest absolute Gasteiger partial charge is 0.230 e. The van der Waals surface area contributed by atoms with Crippen LogP contribution in [0, 0.1) is 0 Å². The van der Waals surface area contributed by atoms with E-state index in [1.807, 2.05) is 35.7 Å². The Kier molecular flexibility index (Phi) is 7.24. The summed E-state index contributed by atoms with van der Waals surface area (Å²) < 4.78 is 7.47. The Balaban J connectivity index is 1.53. The Morgan fingerprint density at radius 1 is 1.16 bits per heavy atom. The van der Waals surface area contributed by atoms with Crippen molar-refractivity contribution in [1.29, 1.82) is 0 Å². The number of para-hydroxylation sites is 2. The molecule has 1 amide bonds. The molecule has 8 heteroatoms. The predicted octanol–water partition coefficient (Wildman–Crippen LogP) is 5.68. The average molecular weight is 467 g/mol. The van der Waals surface area contributed by atoms with Gasteiger partial charge in [0.05, 0.1) is 29.0 Å². The summed E-state index contributed by atoms with van der Waals surface area (Å²) in [5.74, 6) is 0.622. The fourth-order valence-corrected chi connectivity index (χ4v) is 5.40. The molecular weight excluding hydrogens is 440 g/mol. The van der Waals surface area contributed by atoms with E-state index in [2.05, 4.69) is 29.7 Å². The van der Waals surface area contributed by atoms with Gasteiger partial charge in [-0.05, 0) is 36.2 Å². The van der Waals surface area contributed by atoms with Gasteiger partial charge in [0.2, 0.25) is 5.91 Å². The zero-order valence-electron chi connectivity index (χ0n) is 18.4. The van der Waals surface area contributed by atoms with Crippen molar-refractivity contribution in [2.45, 2.75) is 37.7 Å². The Morgan fingerprint density at radius 3 is 2.66 bits per heavy atom. The van der Waals surface area contributed by atoms with Crippen molar-refractivity contribution in [1.82, 2.24) is 14.5 Å². The van der Waals surface area contributed by atoms with Crippen LogP contribution in [0.4, 0.5) is 10.8 Å². The number of carbonyl (C=O) groups is 1. The maximum atomic E-state index is 12.4. The second-order valence-corrected chi connectivity index (χ2v) is 9.09. The monoisotopic (exact) mass is 466 g/mol. The number of benzene rings is 2. The van der Waals surface area contributed by atoms with E-state index in [1.54, 1.807) is 30.7 Å². The average Bonchev–Trinajstić information content (AvgIpc) is 3.41. The first kappa shape index (κ1) is 22.5. The van der Waals surface area contributed by atoms with Crippen molar-refractivity contribution in [3.63, 3.8) is 0 Å². The molecular formula is C24H26N4O2S2. The van der Waals surface area contributed by atoms with Crippen molar-refractivity contribution in [2.24, 2.45) is 0 Å². The molecule has 0 atom stereocenters. The van der Waals surface area contributed by atoms with E-state index in [9.17, 15) is 4.79 Å². The topological polar surface area (TPSA) is 60.2 Å². The highest BCUT2D eigenvalue weighted by Crippen LogP contribution is 2.32. The van der Waals surface area contributed by atoms with Crippen LogP contribution in [-0.2, 0) is 28.2 Å². The highest BCUT2D eigenvalue weighted by molar-refractivity contribution is 7.98. The van der Waals surface area contributed by atoms with Gasteiger partial charge in [0.1, 0.15) is 0 Å². The van der Waals surface area contributed by atoms with E-state index in [4.69, 9.17) is 14.7 Å². The van der Waals surface area contributed by atoms with Crippen LogP contribution in [0.3, 0.4) is 0 Å². The molecule has 2 aromatic carbocycles. The largest absolute Gasteiger partial charge is 0.383 e. The van der Waals surface area contributed by atoms with Crippen molar-refractivity contribution in [3.8, 4) is 0 Å². The Hall–Kier alpha value is -2.68. The number of methoxy groups -OCH3 is 1. The summed E-state index contributed by atoms with van der Waals surface area (Å²) in [6.45, 7) is 5.06. The highest BCUT2D eigenvalue weighted by atomic mass is 32.2. The molecule has 166 valence electrons. The quantitative estimate of drug-likeness (QED) is 0.297. The van der Waals surface area contributed by atoms with Crippen molar-refractivity contribution < 1.29 is 9.53 Å². The van der Waals surface area contributed by atoms with Gasteiger partial charge in [-0.3, -0.25) is 9.69 Å². The third-order valence-corrected chi connectivity index (χ3v) is 7.02. The molecule has 0 aliphatic rings. The summed E-state index contributed by atoms with van der Waals surface area (Å²) in [6.07, 6.45) is 0.966. The number of ether oxygens (including phenoxy) is 1. The summed E-state index contributed by atoms with van der Waals surface area (Å²) in [4.78, 5) is 23.6. The van der Waals surface area contributed by atoms with Crippen LogP contribution in [0.15, 0.2) is 59.1 Å². The molecule has 0 fully saturated rings. The number of carbonyl (C=O) groups excluding carboxylic acids is 1. The minimum absolute atomic E-state index is 0.0517. The molecule has 4 rings (SSSR count). The summed E-state index contributed by atoms with van der Waals surface area (Å²) in [6, 6.07) is 16.2. The minimum Gasteiger partial charge on any atom is -0.383 e. The molecule has 4 aromatic rings. The lowest BCUT2D eigenvalue weighted by Crippen LogP contribution is -2.22. The van der Waals surface area contributed by atoms with E-state index >= 15 is 0 Å². The second kappa shape index (κ2) is 10.3. The molecule has 0 aliphatic carbocycles. The van der Waals surface area contributed by atoms with Gasteiger partial charge in [0.15, 0.2) is 10.3 Å². The van der Waals surface area contributed by atoms with Gasteiger partial charge in [0.25, 0.3) is 0 Å². The molecule has 0 aliphatic heterocycles. The SMILES string of the molecule is CCc1ccc(N(C(C)=O)c2nc(CSc3nc4ccccc4n3CCOC)cs2)cc1. The maximum Gasteiger partial charge on any atom is 0.230 e. The molecule has 0 spiro atoms. The Bertz CT molecular complexity index is 1200. The number of fused-ring (bicyclic) bond motifs is 1. The highest BCUT2D eigenvalue weighted by Gasteiger charge is 2.19. The zero-order chi connectivity index (χ0) is 22.5. The Labute approximate surface area is 196 Å². The predicted molar refractivity (Wildman–Crippen MR) is 132 cm³/mol. The summed E-state index contributed by atoms with van der Waals surface area (Å²) in [7, 11) is 1.71. The van der Waals surface area contributed by atoms with Crippen LogP contribution in [0.25, 0.3) is 11.0 Å². The zero-order valence-corrected chi connectivity index (χ0v) is 20.1. The van der Waals surface area contributed by atoms with Gasteiger partial charge in [-0.15, -0.1) is 11.3 Å². The maximum absolute atomic E-state index is 12.4. The van der Waals surface area contributed by atoms with Gasteiger partial charge >= 0.3 is 0 Å². The van der Waals surface area contributed by atoms with Crippen molar-refractivity contribution >= 4 is 50.9 Å².